The first-order valence-corrected chi connectivity index (χ1v) is 13.9. The van der Waals surface area contributed by atoms with Crippen LogP contribution >= 0.6 is 11.5 Å². The van der Waals surface area contributed by atoms with Crippen LogP contribution in [0.1, 0.15) is 24.8 Å². The fraction of sp³-hybridized carbons (Fsp3) is 0.448. The predicted molar refractivity (Wildman–Crippen MR) is 151 cm³/mol. The van der Waals surface area contributed by atoms with Crippen LogP contribution in [0.25, 0.3) is 16.2 Å². The third-order valence-corrected chi connectivity index (χ3v) is 8.54. The molecule has 2 heterocycles. The van der Waals surface area contributed by atoms with E-state index in [2.05, 4.69) is 39.4 Å². The second-order valence-corrected chi connectivity index (χ2v) is 10.7. The van der Waals surface area contributed by atoms with Crippen molar-refractivity contribution in [1.82, 2.24) is 14.6 Å². The lowest BCUT2D eigenvalue weighted by atomic mass is 9.95. The number of carbonyl (C=O) groups excluding carboxylic acids is 1. The number of piperazine rings is 1. The molecule has 1 aliphatic carbocycles. The van der Waals surface area contributed by atoms with E-state index in [1.807, 2.05) is 18.2 Å². The van der Waals surface area contributed by atoms with E-state index in [-0.39, 0.29) is 5.91 Å². The highest BCUT2D eigenvalue weighted by Crippen LogP contribution is 2.34. The van der Waals surface area contributed by atoms with Crippen molar-refractivity contribution in [3.8, 4) is 11.5 Å². The quantitative estimate of drug-likeness (QED) is 0.413. The minimum atomic E-state index is -0.0698. The molecule has 1 amide bonds. The van der Waals surface area contributed by atoms with Crippen LogP contribution in [0.3, 0.4) is 0 Å². The van der Waals surface area contributed by atoms with Gasteiger partial charge < -0.3 is 19.7 Å². The fourth-order valence-electron chi connectivity index (χ4n) is 5.70. The topological polar surface area (TPSA) is 66.9 Å². The van der Waals surface area contributed by atoms with Gasteiger partial charge in [0, 0.05) is 56.3 Å². The molecule has 37 heavy (non-hydrogen) atoms. The smallest absolute Gasteiger partial charge is 0.244 e. The Bertz CT molecular complexity index is 1230. The van der Waals surface area contributed by atoms with Crippen molar-refractivity contribution < 1.29 is 14.3 Å². The summed E-state index contributed by atoms with van der Waals surface area (Å²) in [7, 11) is 3.22. The summed E-state index contributed by atoms with van der Waals surface area (Å²) in [6, 6.07) is 14.2. The highest BCUT2D eigenvalue weighted by atomic mass is 32.1. The SMILES string of the molecule is COc1cccc(C=CC(=O)NC[C@H]2CCC[C@@H]2CN2CCN(c3nsc4ccccc34)CC2)c1OC. The van der Waals surface area contributed by atoms with Gasteiger partial charge in [-0.05, 0) is 60.5 Å². The molecule has 1 aliphatic heterocycles. The number of anilines is 1. The maximum Gasteiger partial charge on any atom is 0.244 e. The summed E-state index contributed by atoms with van der Waals surface area (Å²) >= 11 is 1.59. The molecule has 2 aliphatic rings. The molecule has 3 aromatic rings. The van der Waals surface area contributed by atoms with E-state index < -0.39 is 0 Å². The van der Waals surface area contributed by atoms with Gasteiger partial charge in [0.1, 0.15) is 5.82 Å². The number of carbonyl (C=O) groups is 1. The maximum absolute atomic E-state index is 12.6. The number of amides is 1. The van der Waals surface area contributed by atoms with Crippen LogP contribution in [0.5, 0.6) is 11.5 Å². The Morgan fingerprint density at radius 2 is 1.86 bits per heavy atom. The average molecular weight is 521 g/mol. The molecule has 8 heteroatoms. The van der Waals surface area contributed by atoms with Gasteiger partial charge in [-0.2, -0.15) is 4.37 Å². The predicted octanol–water partition coefficient (Wildman–Crippen LogP) is 4.68. The number of hydrogen-bond acceptors (Lipinski definition) is 7. The van der Waals surface area contributed by atoms with Gasteiger partial charge in [-0.3, -0.25) is 9.69 Å². The van der Waals surface area contributed by atoms with Crippen LogP contribution in [0.4, 0.5) is 5.82 Å². The Morgan fingerprint density at radius 3 is 2.68 bits per heavy atom. The number of benzene rings is 2. The van der Waals surface area contributed by atoms with E-state index in [1.165, 1.54) is 29.3 Å². The summed E-state index contributed by atoms with van der Waals surface area (Å²) in [6.45, 7) is 6.00. The minimum Gasteiger partial charge on any atom is -0.493 e. The van der Waals surface area contributed by atoms with E-state index >= 15 is 0 Å². The molecule has 0 spiro atoms. The van der Waals surface area contributed by atoms with Crippen molar-refractivity contribution in [3.63, 3.8) is 0 Å². The Morgan fingerprint density at radius 1 is 1.05 bits per heavy atom. The lowest BCUT2D eigenvalue weighted by Gasteiger charge is -2.37. The molecule has 196 valence electrons. The van der Waals surface area contributed by atoms with Crippen molar-refractivity contribution in [2.24, 2.45) is 11.8 Å². The van der Waals surface area contributed by atoms with Gasteiger partial charge in [-0.1, -0.05) is 30.7 Å². The van der Waals surface area contributed by atoms with Crippen molar-refractivity contribution in [1.29, 1.82) is 0 Å². The van der Waals surface area contributed by atoms with Gasteiger partial charge in [0.25, 0.3) is 0 Å². The molecule has 2 aromatic carbocycles. The highest BCUT2D eigenvalue weighted by Gasteiger charge is 2.30. The summed E-state index contributed by atoms with van der Waals surface area (Å²) in [6.07, 6.45) is 7.04. The number of nitrogens with one attached hydrogen (secondary N) is 1. The van der Waals surface area contributed by atoms with Crippen LogP contribution in [0, 0.1) is 11.8 Å². The molecule has 0 unspecified atom stereocenters. The van der Waals surface area contributed by atoms with Gasteiger partial charge in [-0.15, -0.1) is 0 Å². The number of rotatable bonds is 9. The molecule has 1 saturated carbocycles. The third-order valence-electron chi connectivity index (χ3n) is 7.73. The monoisotopic (exact) mass is 520 g/mol. The summed E-state index contributed by atoms with van der Waals surface area (Å²) in [5.41, 5.74) is 0.820. The maximum atomic E-state index is 12.6. The number of para-hydroxylation sites is 1. The summed E-state index contributed by atoms with van der Waals surface area (Å²) in [4.78, 5) is 17.6. The Kier molecular flexibility index (Phi) is 8.26. The van der Waals surface area contributed by atoms with Gasteiger partial charge in [-0.25, -0.2) is 0 Å². The molecule has 1 saturated heterocycles. The van der Waals surface area contributed by atoms with Crippen LogP contribution < -0.4 is 19.7 Å². The standard InChI is InChI=1S/C29H36N4O3S/c1-35-25-11-6-7-21(28(25)36-2)13-14-27(34)30-19-22-8-5-9-23(22)20-32-15-17-33(18-16-32)29-24-10-3-4-12-26(24)37-31-29/h3-4,6-7,10-14,22-23H,5,8-9,15-20H2,1-2H3,(H,30,34)/t22-,23-/m1/s1. The molecule has 2 atom stereocenters. The molecule has 2 fully saturated rings. The van der Waals surface area contributed by atoms with Gasteiger partial charge in [0.2, 0.25) is 5.91 Å². The first kappa shape index (κ1) is 25.5. The highest BCUT2D eigenvalue weighted by molar-refractivity contribution is 7.13. The minimum absolute atomic E-state index is 0.0698. The fourth-order valence-corrected chi connectivity index (χ4v) is 6.49. The van der Waals surface area contributed by atoms with E-state index in [1.54, 1.807) is 37.9 Å². The number of aromatic nitrogens is 1. The van der Waals surface area contributed by atoms with Crippen LogP contribution in [0.2, 0.25) is 0 Å². The van der Waals surface area contributed by atoms with E-state index in [0.717, 1.165) is 50.6 Å². The zero-order chi connectivity index (χ0) is 25.6. The molecule has 5 rings (SSSR count). The van der Waals surface area contributed by atoms with Crippen molar-refractivity contribution in [2.75, 3.05) is 58.4 Å². The van der Waals surface area contributed by atoms with Crippen molar-refractivity contribution in [3.05, 3.63) is 54.1 Å². The zero-order valence-electron chi connectivity index (χ0n) is 21.7. The largest absolute Gasteiger partial charge is 0.493 e. The molecule has 0 radical (unpaired) electrons. The van der Waals surface area contributed by atoms with E-state index in [4.69, 9.17) is 13.8 Å². The Labute approximate surface area is 223 Å². The second kappa shape index (κ2) is 12.0. The Hall–Kier alpha value is -3.10. The molecule has 1 N–H and O–H groups in total. The normalized spacial score (nSPS) is 20.5. The second-order valence-electron chi connectivity index (χ2n) is 9.90. The Balaban J connectivity index is 1.10. The van der Waals surface area contributed by atoms with Gasteiger partial charge in [0.15, 0.2) is 11.5 Å². The van der Waals surface area contributed by atoms with Crippen LogP contribution in [-0.4, -0.2) is 68.7 Å². The number of fused-ring (bicyclic) bond motifs is 1. The van der Waals surface area contributed by atoms with E-state index in [9.17, 15) is 4.79 Å². The molecule has 1 aromatic heterocycles. The average Bonchev–Trinajstić information content (AvgIpc) is 3.57. The van der Waals surface area contributed by atoms with Crippen LogP contribution in [-0.2, 0) is 4.79 Å². The number of methoxy groups -OCH3 is 2. The third kappa shape index (κ3) is 5.91. The number of nitrogens with zero attached hydrogens (tertiary/aromatic N) is 3. The summed E-state index contributed by atoms with van der Waals surface area (Å²) < 4.78 is 16.8. The number of hydrogen-bond donors (Lipinski definition) is 1. The first-order valence-electron chi connectivity index (χ1n) is 13.1. The first-order chi connectivity index (χ1) is 18.2. The molecule has 0 bridgehead atoms. The lowest BCUT2D eigenvalue weighted by molar-refractivity contribution is -0.116. The summed E-state index contributed by atoms with van der Waals surface area (Å²) in [5, 5.41) is 4.41. The zero-order valence-corrected chi connectivity index (χ0v) is 22.5. The van der Waals surface area contributed by atoms with Gasteiger partial charge >= 0.3 is 0 Å². The molecule has 7 nitrogen and oxygen atoms in total. The number of ether oxygens (including phenoxy) is 2. The van der Waals surface area contributed by atoms with Crippen molar-refractivity contribution in [2.45, 2.75) is 19.3 Å². The van der Waals surface area contributed by atoms with Gasteiger partial charge in [0.05, 0.1) is 18.9 Å². The van der Waals surface area contributed by atoms with Crippen LogP contribution in [0.15, 0.2) is 48.5 Å². The van der Waals surface area contributed by atoms with Crippen molar-refractivity contribution >= 4 is 39.4 Å². The summed E-state index contributed by atoms with van der Waals surface area (Å²) in [5.74, 6) is 3.52. The van der Waals surface area contributed by atoms with E-state index in [0.29, 0.717) is 23.3 Å². The molecular weight excluding hydrogens is 484 g/mol. The molecular formula is C29H36N4O3S. The lowest BCUT2D eigenvalue weighted by Crippen LogP contribution is -2.48.